The maximum absolute atomic E-state index is 10.2. The molecule has 0 aliphatic heterocycles. The van der Waals surface area contributed by atoms with Gasteiger partial charge in [-0.1, -0.05) is 19.4 Å². The van der Waals surface area contributed by atoms with Gasteiger partial charge in [0.25, 0.3) is 0 Å². The van der Waals surface area contributed by atoms with Gasteiger partial charge in [0, 0.05) is 18.2 Å². The first kappa shape index (κ1) is 13.9. The Morgan fingerprint density at radius 1 is 1.25 bits per heavy atom. The summed E-state index contributed by atoms with van der Waals surface area (Å²) >= 11 is 0. The minimum absolute atomic E-state index is 0.146. The molecule has 0 saturated heterocycles. The molecule has 3 nitrogen and oxygen atoms in total. The van der Waals surface area contributed by atoms with Crippen molar-refractivity contribution in [3.05, 3.63) is 28.8 Å². The Balaban J connectivity index is 1.76. The molecule has 0 aromatic heterocycles. The second-order valence-corrected chi connectivity index (χ2v) is 6.58. The maximum atomic E-state index is 10.2. The van der Waals surface area contributed by atoms with Crippen LogP contribution in [0.1, 0.15) is 61.3 Å². The molecule has 0 heterocycles. The SMILES string of the molecule is Cc1ccc(O)c2c1C(C)CC2NCC1CCCC1O. The number of rotatable bonds is 3. The largest absolute Gasteiger partial charge is 0.508 e. The van der Waals surface area contributed by atoms with Crippen LogP contribution in [0.2, 0.25) is 0 Å². The molecule has 3 rings (SSSR count). The van der Waals surface area contributed by atoms with Crippen molar-refractivity contribution in [2.45, 2.75) is 57.6 Å². The van der Waals surface area contributed by atoms with Crippen LogP contribution in [-0.2, 0) is 0 Å². The van der Waals surface area contributed by atoms with Crippen molar-refractivity contribution >= 4 is 0 Å². The predicted molar refractivity (Wildman–Crippen MR) is 80.0 cm³/mol. The molecule has 0 amide bonds. The third-order valence-corrected chi connectivity index (χ3v) is 5.16. The van der Waals surface area contributed by atoms with E-state index < -0.39 is 0 Å². The van der Waals surface area contributed by atoms with Crippen LogP contribution in [0.5, 0.6) is 5.75 Å². The van der Waals surface area contributed by atoms with E-state index in [0.717, 1.165) is 37.8 Å². The molecule has 4 unspecified atom stereocenters. The zero-order valence-corrected chi connectivity index (χ0v) is 12.4. The zero-order valence-electron chi connectivity index (χ0n) is 12.4. The molecule has 2 aliphatic rings. The van der Waals surface area contributed by atoms with Crippen LogP contribution in [0.25, 0.3) is 0 Å². The molecule has 1 aromatic rings. The van der Waals surface area contributed by atoms with Gasteiger partial charge >= 0.3 is 0 Å². The van der Waals surface area contributed by atoms with Crippen LogP contribution in [-0.4, -0.2) is 22.9 Å². The van der Waals surface area contributed by atoms with E-state index in [1.54, 1.807) is 0 Å². The van der Waals surface area contributed by atoms with E-state index in [9.17, 15) is 10.2 Å². The van der Waals surface area contributed by atoms with Crippen molar-refractivity contribution in [1.29, 1.82) is 0 Å². The molecule has 1 saturated carbocycles. The summed E-state index contributed by atoms with van der Waals surface area (Å²) in [5.74, 6) is 1.28. The topological polar surface area (TPSA) is 52.5 Å². The second kappa shape index (κ2) is 5.38. The molecule has 2 aliphatic carbocycles. The number of aliphatic hydroxyl groups excluding tert-OH is 1. The quantitative estimate of drug-likeness (QED) is 0.795. The first-order valence-corrected chi connectivity index (χ1v) is 7.81. The summed E-state index contributed by atoms with van der Waals surface area (Å²) in [6, 6.07) is 4.05. The van der Waals surface area contributed by atoms with Crippen LogP contribution in [0.4, 0.5) is 0 Å². The number of phenols is 1. The normalized spacial score (nSPS) is 32.5. The van der Waals surface area contributed by atoms with Gasteiger partial charge in [-0.25, -0.2) is 0 Å². The number of aryl methyl sites for hydroxylation is 1. The average molecular weight is 275 g/mol. The lowest BCUT2D eigenvalue weighted by molar-refractivity contribution is 0.129. The Morgan fingerprint density at radius 2 is 2.05 bits per heavy atom. The van der Waals surface area contributed by atoms with Crippen molar-refractivity contribution in [3.8, 4) is 5.75 Å². The van der Waals surface area contributed by atoms with Gasteiger partial charge in [0.05, 0.1) is 6.10 Å². The maximum Gasteiger partial charge on any atom is 0.120 e. The number of aliphatic hydroxyl groups is 1. The summed E-state index contributed by atoms with van der Waals surface area (Å²) in [4.78, 5) is 0. The smallest absolute Gasteiger partial charge is 0.120 e. The minimum atomic E-state index is -0.146. The van der Waals surface area contributed by atoms with Gasteiger partial charge in [0.1, 0.15) is 5.75 Å². The summed E-state index contributed by atoms with van der Waals surface area (Å²) in [7, 11) is 0. The fraction of sp³-hybridized carbons (Fsp3) is 0.647. The van der Waals surface area contributed by atoms with Gasteiger partial charge in [0.2, 0.25) is 0 Å². The summed E-state index contributed by atoms with van der Waals surface area (Å²) in [5, 5.41) is 23.7. The Morgan fingerprint density at radius 3 is 2.75 bits per heavy atom. The van der Waals surface area contributed by atoms with E-state index >= 15 is 0 Å². The molecule has 0 spiro atoms. The molecular formula is C17H25NO2. The highest BCUT2D eigenvalue weighted by Gasteiger charge is 2.33. The van der Waals surface area contributed by atoms with E-state index in [1.807, 2.05) is 12.1 Å². The summed E-state index contributed by atoms with van der Waals surface area (Å²) in [6.07, 6.45) is 4.08. The van der Waals surface area contributed by atoms with E-state index in [0.29, 0.717) is 17.6 Å². The van der Waals surface area contributed by atoms with Gasteiger partial charge in [-0.15, -0.1) is 0 Å². The van der Waals surface area contributed by atoms with Crippen molar-refractivity contribution in [3.63, 3.8) is 0 Å². The van der Waals surface area contributed by atoms with Crippen LogP contribution >= 0.6 is 0 Å². The standard InChI is InChI=1S/C17H25NO2/c1-10-6-7-15(20)17-13(8-11(2)16(10)17)18-9-12-4-3-5-14(12)19/h6-7,11-14,18-20H,3-5,8-9H2,1-2H3. The zero-order chi connectivity index (χ0) is 14.3. The Labute approximate surface area is 121 Å². The van der Waals surface area contributed by atoms with E-state index in [4.69, 9.17) is 0 Å². The molecule has 0 bridgehead atoms. The van der Waals surface area contributed by atoms with E-state index in [2.05, 4.69) is 19.2 Å². The van der Waals surface area contributed by atoms with Crippen LogP contribution in [0, 0.1) is 12.8 Å². The molecule has 110 valence electrons. The van der Waals surface area contributed by atoms with Crippen LogP contribution in [0.3, 0.4) is 0 Å². The highest BCUT2D eigenvalue weighted by molar-refractivity contribution is 5.50. The number of nitrogens with one attached hydrogen (secondary N) is 1. The van der Waals surface area contributed by atoms with Crippen molar-refractivity contribution in [2.24, 2.45) is 5.92 Å². The first-order valence-electron chi connectivity index (χ1n) is 7.81. The first-order chi connectivity index (χ1) is 9.58. The fourth-order valence-corrected chi connectivity index (χ4v) is 4.08. The highest BCUT2D eigenvalue weighted by Crippen LogP contribution is 2.46. The van der Waals surface area contributed by atoms with Gasteiger partial charge in [-0.05, 0) is 55.2 Å². The molecule has 1 aromatic carbocycles. The summed E-state index contributed by atoms with van der Waals surface area (Å²) in [6.45, 7) is 5.21. The highest BCUT2D eigenvalue weighted by atomic mass is 16.3. The lowest BCUT2D eigenvalue weighted by Crippen LogP contribution is -2.30. The molecule has 0 radical (unpaired) electrons. The molecule has 20 heavy (non-hydrogen) atoms. The lowest BCUT2D eigenvalue weighted by atomic mass is 9.97. The monoisotopic (exact) mass is 275 g/mol. The Bertz CT molecular complexity index is 500. The van der Waals surface area contributed by atoms with Crippen LogP contribution < -0.4 is 5.32 Å². The lowest BCUT2D eigenvalue weighted by Gasteiger charge is -2.20. The van der Waals surface area contributed by atoms with Crippen molar-refractivity contribution in [1.82, 2.24) is 5.32 Å². The Kier molecular flexibility index (Phi) is 3.74. The van der Waals surface area contributed by atoms with Gasteiger partial charge in [-0.3, -0.25) is 0 Å². The second-order valence-electron chi connectivity index (χ2n) is 6.58. The minimum Gasteiger partial charge on any atom is -0.508 e. The molecule has 3 N–H and O–H groups in total. The van der Waals surface area contributed by atoms with E-state index in [-0.39, 0.29) is 12.1 Å². The van der Waals surface area contributed by atoms with Gasteiger partial charge in [-0.2, -0.15) is 0 Å². The summed E-state index contributed by atoms with van der Waals surface area (Å²) in [5.41, 5.74) is 3.68. The van der Waals surface area contributed by atoms with Gasteiger partial charge in [0.15, 0.2) is 0 Å². The number of benzene rings is 1. The number of fused-ring (bicyclic) bond motifs is 1. The number of phenolic OH excluding ortho intramolecular Hbond substituents is 1. The van der Waals surface area contributed by atoms with Crippen molar-refractivity contribution in [2.75, 3.05) is 6.54 Å². The molecule has 1 fully saturated rings. The molecule has 4 atom stereocenters. The van der Waals surface area contributed by atoms with Crippen LogP contribution in [0.15, 0.2) is 12.1 Å². The van der Waals surface area contributed by atoms with Crippen molar-refractivity contribution < 1.29 is 10.2 Å². The summed E-state index contributed by atoms with van der Waals surface area (Å²) < 4.78 is 0. The average Bonchev–Trinajstić information content (AvgIpc) is 2.96. The van der Waals surface area contributed by atoms with Gasteiger partial charge < -0.3 is 15.5 Å². The fourth-order valence-electron chi connectivity index (χ4n) is 4.08. The Hall–Kier alpha value is -1.06. The number of aromatic hydroxyl groups is 1. The van der Waals surface area contributed by atoms with E-state index in [1.165, 1.54) is 11.1 Å². The third-order valence-electron chi connectivity index (χ3n) is 5.16. The molecular weight excluding hydrogens is 250 g/mol. The number of hydrogen-bond acceptors (Lipinski definition) is 3. The molecule has 3 heteroatoms. The predicted octanol–water partition coefficient (Wildman–Crippen LogP) is 3.00. The third kappa shape index (κ3) is 2.33. The number of hydrogen-bond donors (Lipinski definition) is 3.